The minimum atomic E-state index is -4.22. The van der Waals surface area contributed by atoms with Crippen molar-refractivity contribution >= 4 is 27.5 Å². The molecule has 0 fully saturated rings. The normalized spacial score (nSPS) is 11.9. The molecule has 0 aliphatic heterocycles. The Hall–Kier alpha value is -3.92. The Morgan fingerprint density at radius 3 is 2.33 bits per heavy atom. The Labute approximate surface area is 235 Å². The molecule has 214 valence electrons. The third-order valence-electron chi connectivity index (χ3n) is 6.49. The third-order valence-corrected chi connectivity index (χ3v) is 8.27. The fraction of sp³-hybridized carbons (Fsp3) is 0.333. The number of anilines is 1. The van der Waals surface area contributed by atoms with Gasteiger partial charge in [0.15, 0.2) is 0 Å². The van der Waals surface area contributed by atoms with Crippen molar-refractivity contribution in [2.24, 2.45) is 0 Å². The SMILES string of the molecule is CCCCNC(=O)C(C)N(Cc1cccc(OC)c1)C(=O)CN(c1ccc(F)cc1)S(=O)(=O)c1ccc(C)cc1. The van der Waals surface area contributed by atoms with Crippen LogP contribution in [0.4, 0.5) is 10.1 Å². The Balaban J connectivity index is 2.00. The topological polar surface area (TPSA) is 96.0 Å². The second-order valence-electron chi connectivity index (χ2n) is 9.49. The van der Waals surface area contributed by atoms with Crippen LogP contribution in [0.3, 0.4) is 0 Å². The molecule has 0 bridgehead atoms. The van der Waals surface area contributed by atoms with E-state index in [4.69, 9.17) is 4.74 Å². The van der Waals surface area contributed by atoms with E-state index in [1.165, 1.54) is 36.3 Å². The molecule has 0 heterocycles. The zero-order valence-corrected chi connectivity index (χ0v) is 24.1. The van der Waals surface area contributed by atoms with Gasteiger partial charge in [0.1, 0.15) is 24.2 Å². The van der Waals surface area contributed by atoms with E-state index in [9.17, 15) is 22.4 Å². The van der Waals surface area contributed by atoms with E-state index in [0.717, 1.165) is 34.8 Å². The number of sulfonamides is 1. The summed E-state index contributed by atoms with van der Waals surface area (Å²) in [4.78, 5) is 28.2. The van der Waals surface area contributed by atoms with Crippen LogP contribution in [0, 0.1) is 12.7 Å². The van der Waals surface area contributed by atoms with Gasteiger partial charge >= 0.3 is 0 Å². The molecule has 3 rings (SSSR count). The van der Waals surface area contributed by atoms with Gasteiger partial charge in [-0.1, -0.05) is 43.2 Å². The van der Waals surface area contributed by atoms with Gasteiger partial charge in [0.05, 0.1) is 17.7 Å². The summed E-state index contributed by atoms with van der Waals surface area (Å²) in [5.74, 6) is -0.903. The van der Waals surface area contributed by atoms with Crippen LogP contribution in [0.5, 0.6) is 5.75 Å². The molecular formula is C30H36FN3O5S. The summed E-state index contributed by atoms with van der Waals surface area (Å²) < 4.78 is 47.5. The standard InChI is InChI=1S/C30H36FN3O5S/c1-5-6-18-32-30(36)23(3)33(20-24-8-7-9-27(19-24)39-4)29(35)21-34(26-14-12-25(31)13-15-26)40(37,38)28-16-10-22(2)11-17-28/h7-17,19,23H,5-6,18,20-21H2,1-4H3,(H,32,36). The second kappa shape index (κ2) is 13.9. The smallest absolute Gasteiger partial charge is 0.264 e. The van der Waals surface area contributed by atoms with Gasteiger partial charge < -0.3 is 15.0 Å². The van der Waals surface area contributed by atoms with E-state index < -0.39 is 34.3 Å². The van der Waals surface area contributed by atoms with Crippen LogP contribution in [-0.2, 0) is 26.2 Å². The van der Waals surface area contributed by atoms with Crippen LogP contribution >= 0.6 is 0 Å². The lowest BCUT2D eigenvalue weighted by atomic mass is 10.1. The van der Waals surface area contributed by atoms with Gasteiger partial charge in [-0.2, -0.15) is 0 Å². The number of unbranched alkanes of at least 4 members (excludes halogenated alkanes) is 1. The number of rotatable bonds is 13. The lowest BCUT2D eigenvalue weighted by Gasteiger charge is -2.32. The highest BCUT2D eigenvalue weighted by molar-refractivity contribution is 7.92. The van der Waals surface area contributed by atoms with Crippen molar-refractivity contribution in [1.29, 1.82) is 0 Å². The first kappa shape index (κ1) is 30.6. The molecule has 0 aliphatic carbocycles. The molecule has 0 spiro atoms. The summed E-state index contributed by atoms with van der Waals surface area (Å²) in [5.41, 5.74) is 1.70. The van der Waals surface area contributed by atoms with Crippen molar-refractivity contribution in [2.75, 3.05) is 24.5 Å². The fourth-order valence-electron chi connectivity index (χ4n) is 4.06. The average molecular weight is 570 g/mol. The number of methoxy groups -OCH3 is 1. The number of halogens is 1. The molecule has 1 unspecified atom stereocenters. The van der Waals surface area contributed by atoms with Crippen LogP contribution in [0.1, 0.15) is 37.8 Å². The lowest BCUT2D eigenvalue weighted by molar-refractivity contribution is -0.139. The number of aryl methyl sites for hydroxylation is 1. The molecule has 0 radical (unpaired) electrons. The van der Waals surface area contributed by atoms with E-state index >= 15 is 0 Å². The van der Waals surface area contributed by atoms with E-state index in [1.807, 2.05) is 13.8 Å². The molecule has 0 aromatic heterocycles. The minimum Gasteiger partial charge on any atom is -0.497 e. The van der Waals surface area contributed by atoms with Gasteiger partial charge in [0.25, 0.3) is 10.0 Å². The average Bonchev–Trinajstić information content (AvgIpc) is 2.95. The Kier molecular flexibility index (Phi) is 10.7. The van der Waals surface area contributed by atoms with Crippen LogP contribution in [0.25, 0.3) is 0 Å². The van der Waals surface area contributed by atoms with E-state index in [-0.39, 0.29) is 23.0 Å². The van der Waals surface area contributed by atoms with Crippen LogP contribution in [-0.4, -0.2) is 51.4 Å². The number of nitrogens with zero attached hydrogens (tertiary/aromatic N) is 2. The van der Waals surface area contributed by atoms with E-state index in [2.05, 4.69) is 5.32 Å². The number of ether oxygens (including phenoxy) is 1. The molecule has 1 N–H and O–H groups in total. The number of carbonyl (C=O) groups excluding carboxylic acids is 2. The van der Waals surface area contributed by atoms with Crippen molar-refractivity contribution in [3.63, 3.8) is 0 Å². The highest BCUT2D eigenvalue weighted by atomic mass is 32.2. The second-order valence-corrected chi connectivity index (χ2v) is 11.4. The van der Waals surface area contributed by atoms with Gasteiger partial charge in [-0.15, -0.1) is 0 Å². The monoisotopic (exact) mass is 569 g/mol. The Morgan fingerprint density at radius 2 is 1.70 bits per heavy atom. The minimum absolute atomic E-state index is 0.0140. The van der Waals surface area contributed by atoms with E-state index in [1.54, 1.807) is 43.3 Å². The number of carbonyl (C=O) groups is 2. The number of hydrogen-bond acceptors (Lipinski definition) is 5. The molecule has 2 amide bonds. The first-order valence-electron chi connectivity index (χ1n) is 13.1. The molecule has 0 saturated heterocycles. The maximum atomic E-state index is 13.9. The predicted octanol–water partition coefficient (Wildman–Crippen LogP) is 4.67. The highest BCUT2D eigenvalue weighted by Crippen LogP contribution is 2.25. The van der Waals surface area contributed by atoms with Crippen molar-refractivity contribution < 1.29 is 27.1 Å². The molecule has 40 heavy (non-hydrogen) atoms. The van der Waals surface area contributed by atoms with Crippen molar-refractivity contribution in [2.45, 2.75) is 51.1 Å². The molecule has 8 nitrogen and oxygen atoms in total. The van der Waals surface area contributed by atoms with Gasteiger partial charge in [0, 0.05) is 13.1 Å². The summed E-state index contributed by atoms with van der Waals surface area (Å²) >= 11 is 0. The zero-order chi connectivity index (χ0) is 29.3. The number of nitrogens with one attached hydrogen (secondary N) is 1. The van der Waals surface area contributed by atoms with Crippen molar-refractivity contribution in [1.82, 2.24) is 10.2 Å². The summed E-state index contributed by atoms with van der Waals surface area (Å²) in [7, 11) is -2.69. The maximum absolute atomic E-state index is 13.9. The highest BCUT2D eigenvalue weighted by Gasteiger charge is 2.32. The molecule has 10 heteroatoms. The summed E-state index contributed by atoms with van der Waals surface area (Å²) in [5, 5.41) is 2.85. The Bertz CT molecular complexity index is 1400. The van der Waals surface area contributed by atoms with E-state index in [0.29, 0.717) is 17.9 Å². The van der Waals surface area contributed by atoms with Gasteiger partial charge in [-0.05, 0) is 74.4 Å². The largest absolute Gasteiger partial charge is 0.497 e. The Morgan fingerprint density at radius 1 is 1.02 bits per heavy atom. The summed E-state index contributed by atoms with van der Waals surface area (Å²) in [6.07, 6.45) is 1.68. The molecule has 3 aromatic rings. The van der Waals surface area contributed by atoms with Gasteiger partial charge in [0.2, 0.25) is 11.8 Å². The first-order valence-corrected chi connectivity index (χ1v) is 14.6. The lowest BCUT2D eigenvalue weighted by Crippen LogP contribution is -2.51. The molecular weight excluding hydrogens is 533 g/mol. The van der Waals surface area contributed by atoms with Crippen molar-refractivity contribution in [3.8, 4) is 5.75 Å². The number of hydrogen-bond donors (Lipinski definition) is 1. The van der Waals surface area contributed by atoms with Crippen LogP contribution in [0.15, 0.2) is 77.7 Å². The summed E-state index contributed by atoms with van der Waals surface area (Å²) in [6.45, 7) is 5.35. The number of amides is 2. The molecule has 0 saturated carbocycles. The van der Waals surface area contributed by atoms with Gasteiger partial charge in [-0.3, -0.25) is 13.9 Å². The van der Waals surface area contributed by atoms with Crippen molar-refractivity contribution in [3.05, 3.63) is 89.7 Å². The first-order chi connectivity index (χ1) is 19.1. The molecule has 3 aromatic carbocycles. The molecule has 1 atom stereocenters. The van der Waals surface area contributed by atoms with Crippen LogP contribution < -0.4 is 14.4 Å². The van der Waals surface area contributed by atoms with Gasteiger partial charge in [-0.25, -0.2) is 12.8 Å². The zero-order valence-electron chi connectivity index (χ0n) is 23.3. The number of benzene rings is 3. The fourth-order valence-corrected chi connectivity index (χ4v) is 5.47. The molecule has 0 aliphatic rings. The maximum Gasteiger partial charge on any atom is 0.264 e. The summed E-state index contributed by atoms with van der Waals surface area (Å²) in [6, 6.07) is 17.3. The quantitative estimate of drug-likeness (QED) is 0.302. The van der Waals surface area contributed by atoms with Crippen LogP contribution in [0.2, 0.25) is 0 Å². The predicted molar refractivity (Wildman–Crippen MR) is 153 cm³/mol. The third kappa shape index (κ3) is 7.81.